The zero-order valence-corrected chi connectivity index (χ0v) is 11.8. The third-order valence-corrected chi connectivity index (χ3v) is 5.13. The number of likely N-dealkylation sites (tertiary alicyclic amines) is 1. The topological polar surface area (TPSA) is 32.7 Å². The number of likely N-dealkylation sites (N-methyl/N-ethyl adjacent to an activating group) is 1. The largest absolute Gasteiger partial charge is 0.497 e. The number of aliphatic hydroxyl groups excluding tert-OH is 1. The fourth-order valence-corrected chi connectivity index (χ4v) is 3.94. The van der Waals surface area contributed by atoms with Crippen LogP contribution in [0.1, 0.15) is 31.2 Å². The van der Waals surface area contributed by atoms with Crippen molar-refractivity contribution in [3.63, 3.8) is 0 Å². The second kappa shape index (κ2) is 4.80. The van der Waals surface area contributed by atoms with Crippen molar-refractivity contribution in [3.05, 3.63) is 29.8 Å². The Kier molecular flexibility index (Phi) is 3.27. The van der Waals surface area contributed by atoms with Gasteiger partial charge in [-0.05, 0) is 44.0 Å². The molecule has 3 atom stereocenters. The van der Waals surface area contributed by atoms with Crippen LogP contribution in [0.25, 0.3) is 0 Å². The van der Waals surface area contributed by atoms with Crippen molar-refractivity contribution in [2.45, 2.75) is 43.2 Å². The summed E-state index contributed by atoms with van der Waals surface area (Å²) in [5.41, 5.74) is 1.18. The summed E-state index contributed by atoms with van der Waals surface area (Å²) in [6, 6.07) is 8.89. The number of methoxy groups -OCH3 is 1. The zero-order valence-electron chi connectivity index (χ0n) is 11.8. The highest BCUT2D eigenvalue weighted by molar-refractivity contribution is 5.36. The van der Waals surface area contributed by atoms with Gasteiger partial charge in [-0.2, -0.15) is 0 Å². The average Bonchev–Trinajstić information content (AvgIpc) is 2.46. The number of hydrogen-bond acceptors (Lipinski definition) is 3. The van der Waals surface area contributed by atoms with Crippen molar-refractivity contribution in [1.82, 2.24) is 4.90 Å². The van der Waals surface area contributed by atoms with Crippen molar-refractivity contribution >= 4 is 0 Å². The van der Waals surface area contributed by atoms with E-state index in [0.717, 1.165) is 25.1 Å². The lowest BCUT2D eigenvalue weighted by Crippen LogP contribution is -2.58. The van der Waals surface area contributed by atoms with Crippen LogP contribution in [-0.2, 0) is 5.41 Å². The Morgan fingerprint density at radius 3 is 3.05 bits per heavy atom. The van der Waals surface area contributed by atoms with Gasteiger partial charge in [0, 0.05) is 18.0 Å². The molecule has 2 bridgehead atoms. The Labute approximate surface area is 115 Å². The molecule has 1 heterocycles. The molecule has 1 aliphatic heterocycles. The molecule has 1 aromatic carbocycles. The van der Waals surface area contributed by atoms with E-state index in [1.165, 1.54) is 18.4 Å². The molecule has 1 aromatic rings. The molecule has 0 amide bonds. The number of piperidine rings is 1. The predicted octanol–water partition coefficient (Wildman–Crippen LogP) is 2.18. The third kappa shape index (κ3) is 2.05. The minimum atomic E-state index is -0.277. The Morgan fingerprint density at radius 1 is 1.42 bits per heavy atom. The number of rotatable bonds is 2. The van der Waals surface area contributed by atoms with Gasteiger partial charge < -0.3 is 14.7 Å². The first-order valence-electron chi connectivity index (χ1n) is 7.18. The molecule has 0 aromatic heterocycles. The van der Waals surface area contributed by atoms with Crippen LogP contribution in [0.5, 0.6) is 5.75 Å². The number of aliphatic hydroxyl groups is 1. The maximum atomic E-state index is 10.7. The number of ether oxygens (including phenoxy) is 1. The first kappa shape index (κ1) is 12.9. The molecule has 2 aliphatic rings. The quantitative estimate of drug-likeness (QED) is 0.885. The van der Waals surface area contributed by atoms with Crippen LogP contribution in [0.3, 0.4) is 0 Å². The molecule has 0 unspecified atom stereocenters. The van der Waals surface area contributed by atoms with Crippen LogP contribution in [-0.4, -0.2) is 42.9 Å². The van der Waals surface area contributed by atoms with Crippen LogP contribution in [0, 0.1) is 0 Å². The molecule has 3 heteroatoms. The lowest BCUT2D eigenvalue weighted by atomic mass is 9.62. The minimum Gasteiger partial charge on any atom is -0.497 e. The minimum absolute atomic E-state index is 0.0655. The second-order valence-electron chi connectivity index (χ2n) is 6.09. The van der Waals surface area contributed by atoms with E-state index >= 15 is 0 Å². The van der Waals surface area contributed by atoms with Crippen LogP contribution < -0.4 is 4.74 Å². The summed E-state index contributed by atoms with van der Waals surface area (Å²) >= 11 is 0. The van der Waals surface area contributed by atoms with Gasteiger partial charge in [-0.25, -0.2) is 0 Å². The first-order chi connectivity index (χ1) is 9.15. The Morgan fingerprint density at radius 2 is 2.26 bits per heavy atom. The molecule has 1 saturated heterocycles. The maximum absolute atomic E-state index is 10.7. The zero-order chi connectivity index (χ0) is 13.5. The van der Waals surface area contributed by atoms with Crippen molar-refractivity contribution in [3.8, 4) is 5.75 Å². The third-order valence-electron chi connectivity index (χ3n) is 5.13. The van der Waals surface area contributed by atoms with Crippen LogP contribution >= 0.6 is 0 Å². The van der Waals surface area contributed by atoms with E-state index < -0.39 is 0 Å². The Bertz CT molecular complexity index is 462. The van der Waals surface area contributed by atoms with Gasteiger partial charge in [-0.1, -0.05) is 18.6 Å². The fraction of sp³-hybridized carbons (Fsp3) is 0.625. The molecule has 1 saturated carbocycles. The summed E-state index contributed by atoms with van der Waals surface area (Å²) in [5, 5.41) is 10.7. The summed E-state index contributed by atoms with van der Waals surface area (Å²) < 4.78 is 5.34. The predicted molar refractivity (Wildman–Crippen MR) is 75.6 cm³/mol. The highest BCUT2D eigenvalue weighted by atomic mass is 16.5. The van der Waals surface area contributed by atoms with Gasteiger partial charge in [-0.15, -0.1) is 0 Å². The molecule has 0 radical (unpaired) electrons. The van der Waals surface area contributed by atoms with Gasteiger partial charge in [-0.3, -0.25) is 0 Å². The van der Waals surface area contributed by atoms with E-state index in [0.29, 0.717) is 6.04 Å². The van der Waals surface area contributed by atoms with Crippen LogP contribution in [0.2, 0.25) is 0 Å². The van der Waals surface area contributed by atoms with E-state index in [9.17, 15) is 5.11 Å². The highest BCUT2D eigenvalue weighted by Crippen LogP contribution is 2.47. The summed E-state index contributed by atoms with van der Waals surface area (Å²) in [4.78, 5) is 2.32. The van der Waals surface area contributed by atoms with Gasteiger partial charge >= 0.3 is 0 Å². The first-order valence-corrected chi connectivity index (χ1v) is 7.18. The lowest BCUT2D eigenvalue weighted by Gasteiger charge is -2.52. The molecular weight excluding hydrogens is 238 g/mol. The van der Waals surface area contributed by atoms with Gasteiger partial charge in [0.05, 0.1) is 13.2 Å². The summed E-state index contributed by atoms with van der Waals surface area (Å²) in [5.74, 6) is 0.889. The molecule has 3 rings (SSSR count). The number of hydrogen-bond donors (Lipinski definition) is 1. The average molecular weight is 261 g/mol. The maximum Gasteiger partial charge on any atom is 0.119 e. The molecular formula is C16H23NO2. The van der Waals surface area contributed by atoms with Crippen LogP contribution in [0.4, 0.5) is 0 Å². The summed E-state index contributed by atoms with van der Waals surface area (Å²) in [7, 11) is 3.83. The molecule has 2 fully saturated rings. The monoisotopic (exact) mass is 261 g/mol. The SMILES string of the molecule is COc1cccc([C@@]23CCC[C@@H](C2)N(C)C[C@@H]3O)c1. The van der Waals surface area contributed by atoms with Crippen molar-refractivity contribution < 1.29 is 9.84 Å². The molecule has 3 nitrogen and oxygen atoms in total. The number of fused-ring (bicyclic) bond motifs is 2. The van der Waals surface area contributed by atoms with Gasteiger partial charge in [0.2, 0.25) is 0 Å². The molecule has 19 heavy (non-hydrogen) atoms. The van der Waals surface area contributed by atoms with E-state index in [-0.39, 0.29) is 11.5 Å². The molecule has 104 valence electrons. The van der Waals surface area contributed by atoms with Gasteiger partial charge in [0.25, 0.3) is 0 Å². The Hall–Kier alpha value is -1.06. The number of benzene rings is 1. The smallest absolute Gasteiger partial charge is 0.119 e. The van der Waals surface area contributed by atoms with E-state index in [1.54, 1.807) is 7.11 Å². The van der Waals surface area contributed by atoms with Gasteiger partial charge in [0.1, 0.15) is 5.75 Å². The lowest BCUT2D eigenvalue weighted by molar-refractivity contribution is -0.0445. The van der Waals surface area contributed by atoms with Crippen molar-refractivity contribution in [2.75, 3.05) is 20.7 Å². The normalized spacial score (nSPS) is 35.1. The van der Waals surface area contributed by atoms with E-state index in [4.69, 9.17) is 4.74 Å². The molecule has 1 N–H and O–H groups in total. The summed E-state index contributed by atoms with van der Waals surface area (Å²) in [6.07, 6.45) is 4.34. The van der Waals surface area contributed by atoms with E-state index in [1.807, 2.05) is 12.1 Å². The van der Waals surface area contributed by atoms with E-state index in [2.05, 4.69) is 24.1 Å². The Balaban J connectivity index is 1.99. The van der Waals surface area contributed by atoms with Gasteiger partial charge in [0.15, 0.2) is 0 Å². The fourth-order valence-electron chi connectivity index (χ4n) is 3.94. The molecule has 0 spiro atoms. The summed E-state index contributed by atoms with van der Waals surface area (Å²) in [6.45, 7) is 0.780. The van der Waals surface area contributed by atoms with Crippen molar-refractivity contribution in [2.24, 2.45) is 0 Å². The van der Waals surface area contributed by atoms with Crippen molar-refractivity contribution in [1.29, 1.82) is 0 Å². The standard InChI is InChI=1S/C16H23NO2/c1-17-11-15(18)16(8-4-6-13(17)10-16)12-5-3-7-14(9-12)19-2/h3,5,7,9,13,15,18H,4,6,8,10-11H2,1-2H3/t13-,15-,16+/m0/s1. The number of nitrogens with zero attached hydrogens (tertiary/aromatic N) is 1. The number of β-amino-alcohol motifs (C(OH)–C–C–N with tert-alkyl or cyclic N) is 1. The molecule has 1 aliphatic carbocycles. The van der Waals surface area contributed by atoms with Crippen LogP contribution in [0.15, 0.2) is 24.3 Å². The second-order valence-corrected chi connectivity index (χ2v) is 6.09. The highest BCUT2D eigenvalue weighted by Gasteiger charge is 2.48.